The first-order valence-corrected chi connectivity index (χ1v) is 6.79. The molecule has 18 heavy (non-hydrogen) atoms. The lowest BCUT2D eigenvalue weighted by atomic mass is 10.2. The average molecular weight is 264 g/mol. The molecule has 2 heterocycles. The molecule has 0 saturated carbocycles. The molecule has 1 aliphatic heterocycles. The van der Waals surface area contributed by atoms with Crippen LogP contribution < -0.4 is 5.32 Å². The molecule has 1 unspecified atom stereocenters. The van der Waals surface area contributed by atoms with Crippen LogP contribution in [0.3, 0.4) is 0 Å². The monoisotopic (exact) mass is 263 g/mol. The summed E-state index contributed by atoms with van der Waals surface area (Å²) in [7, 11) is 2.16. The van der Waals surface area contributed by atoms with Gasteiger partial charge in [-0.1, -0.05) is 29.8 Å². The number of benzene rings is 1. The SMILES string of the molecule is CN1CCC(NCc2[nH]c3ccccc3c2Cl)C1. The van der Waals surface area contributed by atoms with Crippen molar-refractivity contribution >= 4 is 22.5 Å². The molecule has 4 heteroatoms. The number of rotatable bonds is 3. The van der Waals surface area contributed by atoms with E-state index in [1.165, 1.54) is 13.0 Å². The Morgan fingerprint density at radius 1 is 1.44 bits per heavy atom. The third-order valence-corrected chi connectivity index (χ3v) is 4.10. The summed E-state index contributed by atoms with van der Waals surface area (Å²) in [6.45, 7) is 3.11. The van der Waals surface area contributed by atoms with Gasteiger partial charge >= 0.3 is 0 Å². The molecule has 0 amide bonds. The number of fused-ring (bicyclic) bond motifs is 1. The van der Waals surface area contributed by atoms with Gasteiger partial charge in [0.05, 0.1) is 5.02 Å². The van der Waals surface area contributed by atoms with Crippen molar-refractivity contribution in [3.05, 3.63) is 35.0 Å². The van der Waals surface area contributed by atoms with E-state index < -0.39 is 0 Å². The molecule has 3 nitrogen and oxygen atoms in total. The van der Waals surface area contributed by atoms with Crippen LogP contribution in [0.2, 0.25) is 5.02 Å². The van der Waals surface area contributed by atoms with Crippen LogP contribution in [0.15, 0.2) is 24.3 Å². The van der Waals surface area contributed by atoms with Crippen molar-refractivity contribution in [1.29, 1.82) is 0 Å². The second kappa shape index (κ2) is 4.92. The standard InChI is InChI=1S/C14H18ClN3/c1-18-7-6-10(9-18)16-8-13-14(15)11-4-2-3-5-12(11)17-13/h2-5,10,16-17H,6-9H2,1H3. The fraction of sp³-hybridized carbons (Fsp3) is 0.429. The van der Waals surface area contributed by atoms with Gasteiger partial charge in [0.25, 0.3) is 0 Å². The van der Waals surface area contributed by atoms with Crippen LogP contribution in [-0.2, 0) is 6.54 Å². The third kappa shape index (κ3) is 2.26. The van der Waals surface area contributed by atoms with Crippen molar-refractivity contribution in [1.82, 2.24) is 15.2 Å². The normalized spacial score (nSPS) is 20.9. The van der Waals surface area contributed by atoms with E-state index in [0.717, 1.165) is 34.7 Å². The fourth-order valence-electron chi connectivity index (χ4n) is 2.63. The molecule has 1 aromatic carbocycles. The van der Waals surface area contributed by atoms with Crippen molar-refractivity contribution < 1.29 is 0 Å². The zero-order chi connectivity index (χ0) is 12.5. The van der Waals surface area contributed by atoms with Gasteiger partial charge in [-0.2, -0.15) is 0 Å². The van der Waals surface area contributed by atoms with Gasteiger partial charge in [0.1, 0.15) is 0 Å². The van der Waals surface area contributed by atoms with E-state index in [0.29, 0.717) is 6.04 Å². The molecule has 0 bridgehead atoms. The number of para-hydroxylation sites is 1. The van der Waals surface area contributed by atoms with E-state index in [4.69, 9.17) is 11.6 Å². The molecule has 3 rings (SSSR count). The quantitative estimate of drug-likeness (QED) is 0.892. The van der Waals surface area contributed by atoms with E-state index in [2.05, 4.69) is 34.4 Å². The van der Waals surface area contributed by atoms with Crippen LogP contribution in [0.1, 0.15) is 12.1 Å². The molecule has 2 aromatic rings. The average Bonchev–Trinajstić information content (AvgIpc) is 2.92. The zero-order valence-corrected chi connectivity index (χ0v) is 11.3. The summed E-state index contributed by atoms with van der Waals surface area (Å²) in [5.74, 6) is 0. The molecule has 0 spiro atoms. The molecule has 1 atom stereocenters. The predicted molar refractivity (Wildman–Crippen MR) is 76.1 cm³/mol. The molecule has 0 aliphatic carbocycles. The molecule has 0 radical (unpaired) electrons. The van der Waals surface area contributed by atoms with Gasteiger partial charge in [0, 0.05) is 35.7 Å². The predicted octanol–water partition coefficient (Wildman–Crippen LogP) is 2.62. The van der Waals surface area contributed by atoms with Crippen LogP contribution >= 0.6 is 11.6 Å². The highest BCUT2D eigenvalue weighted by atomic mass is 35.5. The van der Waals surface area contributed by atoms with Crippen LogP contribution in [0.25, 0.3) is 10.9 Å². The lowest BCUT2D eigenvalue weighted by Gasteiger charge is -2.12. The minimum atomic E-state index is 0.581. The van der Waals surface area contributed by atoms with Crippen molar-refractivity contribution in [2.75, 3.05) is 20.1 Å². The minimum absolute atomic E-state index is 0.581. The first kappa shape index (κ1) is 12.0. The Balaban J connectivity index is 1.73. The summed E-state index contributed by atoms with van der Waals surface area (Å²) in [6.07, 6.45) is 1.22. The number of aromatic amines is 1. The lowest BCUT2D eigenvalue weighted by Crippen LogP contribution is -2.31. The Kier molecular flexibility index (Phi) is 3.29. The highest BCUT2D eigenvalue weighted by Crippen LogP contribution is 2.27. The molecule has 96 valence electrons. The number of nitrogens with zero attached hydrogens (tertiary/aromatic N) is 1. The molecular formula is C14H18ClN3. The smallest absolute Gasteiger partial charge is 0.0705 e. The van der Waals surface area contributed by atoms with Crippen LogP contribution in [-0.4, -0.2) is 36.1 Å². The molecule has 1 saturated heterocycles. The summed E-state index contributed by atoms with van der Waals surface area (Å²) < 4.78 is 0. The Morgan fingerprint density at radius 2 is 2.28 bits per heavy atom. The van der Waals surface area contributed by atoms with E-state index in [-0.39, 0.29) is 0 Å². The van der Waals surface area contributed by atoms with Crippen LogP contribution in [0, 0.1) is 0 Å². The van der Waals surface area contributed by atoms with E-state index in [1.807, 2.05) is 12.1 Å². The maximum absolute atomic E-state index is 6.39. The van der Waals surface area contributed by atoms with E-state index in [9.17, 15) is 0 Å². The fourth-order valence-corrected chi connectivity index (χ4v) is 2.91. The third-order valence-electron chi connectivity index (χ3n) is 3.67. The minimum Gasteiger partial charge on any atom is -0.356 e. The second-order valence-electron chi connectivity index (χ2n) is 5.09. The molecular weight excluding hydrogens is 246 g/mol. The first-order valence-electron chi connectivity index (χ1n) is 6.41. The summed E-state index contributed by atoms with van der Waals surface area (Å²) in [5.41, 5.74) is 2.20. The number of hydrogen-bond acceptors (Lipinski definition) is 2. The summed E-state index contributed by atoms with van der Waals surface area (Å²) in [4.78, 5) is 5.74. The van der Waals surface area contributed by atoms with Crippen molar-refractivity contribution in [2.24, 2.45) is 0 Å². The highest BCUT2D eigenvalue weighted by molar-refractivity contribution is 6.36. The second-order valence-corrected chi connectivity index (χ2v) is 5.47. The van der Waals surface area contributed by atoms with Gasteiger partial charge in [-0.15, -0.1) is 0 Å². The Labute approximate surface area is 112 Å². The van der Waals surface area contributed by atoms with Crippen molar-refractivity contribution in [3.8, 4) is 0 Å². The van der Waals surface area contributed by atoms with Gasteiger partial charge in [0.2, 0.25) is 0 Å². The van der Waals surface area contributed by atoms with E-state index >= 15 is 0 Å². The summed E-state index contributed by atoms with van der Waals surface area (Å²) in [6, 6.07) is 8.75. The van der Waals surface area contributed by atoms with Gasteiger partial charge < -0.3 is 15.2 Å². The maximum Gasteiger partial charge on any atom is 0.0705 e. The molecule has 2 N–H and O–H groups in total. The molecule has 1 aliphatic rings. The van der Waals surface area contributed by atoms with E-state index in [1.54, 1.807) is 0 Å². The largest absolute Gasteiger partial charge is 0.356 e. The first-order chi connectivity index (χ1) is 8.74. The summed E-state index contributed by atoms with van der Waals surface area (Å²) >= 11 is 6.39. The number of halogens is 1. The van der Waals surface area contributed by atoms with Crippen molar-refractivity contribution in [2.45, 2.75) is 19.0 Å². The number of likely N-dealkylation sites (tertiary alicyclic amines) is 1. The lowest BCUT2D eigenvalue weighted by molar-refractivity contribution is 0.397. The number of aromatic nitrogens is 1. The van der Waals surface area contributed by atoms with Crippen LogP contribution in [0.4, 0.5) is 0 Å². The van der Waals surface area contributed by atoms with Gasteiger partial charge in [-0.3, -0.25) is 0 Å². The number of likely N-dealkylation sites (N-methyl/N-ethyl adjacent to an activating group) is 1. The highest BCUT2D eigenvalue weighted by Gasteiger charge is 2.19. The van der Waals surface area contributed by atoms with Gasteiger partial charge in [-0.05, 0) is 26.1 Å². The number of H-pyrrole nitrogens is 1. The Bertz CT molecular complexity index is 549. The Hall–Kier alpha value is -1.03. The van der Waals surface area contributed by atoms with Crippen LogP contribution in [0.5, 0.6) is 0 Å². The number of nitrogens with one attached hydrogen (secondary N) is 2. The maximum atomic E-state index is 6.39. The topological polar surface area (TPSA) is 31.1 Å². The number of hydrogen-bond donors (Lipinski definition) is 2. The molecule has 1 fully saturated rings. The van der Waals surface area contributed by atoms with Gasteiger partial charge in [-0.25, -0.2) is 0 Å². The summed E-state index contributed by atoms with van der Waals surface area (Å²) in [5, 5.41) is 5.53. The van der Waals surface area contributed by atoms with Gasteiger partial charge in [0.15, 0.2) is 0 Å². The van der Waals surface area contributed by atoms with Crippen molar-refractivity contribution in [3.63, 3.8) is 0 Å². The Morgan fingerprint density at radius 3 is 3.00 bits per heavy atom. The molecule has 1 aromatic heterocycles. The zero-order valence-electron chi connectivity index (χ0n) is 10.5.